The molecule has 0 atom stereocenters. The molecule has 21 heavy (non-hydrogen) atoms. The minimum atomic E-state index is 0. The van der Waals surface area contributed by atoms with Crippen LogP contribution in [0, 0.1) is 653 Å². The molecule has 0 aliphatic heterocycles. The summed E-state index contributed by atoms with van der Waals surface area (Å²) in [5.74, 6) is 0. The molecule has 0 N–H and O–H groups in total. The predicted octanol–water partition coefficient (Wildman–Crippen LogP) is 0. The molecule has 0 amide bonds. The van der Waals surface area contributed by atoms with Crippen LogP contribution in [0.15, 0.2) is 0 Å². The van der Waals surface area contributed by atoms with E-state index in [9.17, 15) is 0 Å². The molecule has 0 aromatic heterocycles. The van der Waals surface area contributed by atoms with Crippen LogP contribution in [0.3, 0.4) is 0 Å². The fourth-order valence-corrected chi connectivity index (χ4v) is 0. The molecule has 84 valence electrons. The zero-order chi connectivity index (χ0) is 0. The molecule has 0 saturated heterocycles. The van der Waals surface area contributed by atoms with Crippen molar-refractivity contribution in [1.82, 2.24) is 0 Å². The van der Waals surface area contributed by atoms with Crippen molar-refractivity contribution in [3.8, 4) is 0 Å². The van der Waals surface area contributed by atoms with E-state index in [0.717, 1.165) is 0 Å². The van der Waals surface area contributed by atoms with Crippen LogP contribution in [-0.4, -0.2) is 0 Å². The molecule has 0 fully saturated rings. The largest absolute Gasteiger partial charge is 0 e. The molecule has 0 bridgehead atoms. The normalized spacial score (nSPS) is 0. The Hall–Kier alpha value is 22.1. The molecule has 21 heteroatoms. The van der Waals surface area contributed by atoms with E-state index in [-0.39, 0.29) is 653 Å². The van der Waals surface area contributed by atoms with Crippen LogP contribution in [0.1, 0.15) is 0 Å². The summed E-state index contributed by atoms with van der Waals surface area (Å²) < 4.78 is 0. The van der Waals surface area contributed by atoms with Crippen molar-refractivity contribution in [2.45, 2.75) is 0 Å². The first-order chi connectivity index (χ1) is 0. The van der Waals surface area contributed by atoms with Crippen LogP contribution >= 0.6 is 0 Å². The fraction of sp³-hybridized carbons (Fsp3) is 0. The minimum absolute atomic E-state index is 0. The molecule has 0 heterocycles. The summed E-state index contributed by atoms with van der Waals surface area (Å²) in [4.78, 5) is 0. The second kappa shape index (κ2) is 146. The quantitative estimate of drug-likeness (QED) is 0.321. The van der Waals surface area contributed by atoms with Crippen molar-refractivity contribution >= 4 is 0 Å². The van der Waals surface area contributed by atoms with Gasteiger partial charge in [0.25, 0.3) is 0 Å². The van der Waals surface area contributed by atoms with E-state index in [4.69, 9.17) is 0 Å². The number of hydrogen-bond acceptors (Lipinski definition) is 0. The summed E-state index contributed by atoms with van der Waals surface area (Å²) in [6.07, 6.45) is 0. The van der Waals surface area contributed by atoms with E-state index in [1.807, 2.05) is 0 Å². The van der Waals surface area contributed by atoms with Gasteiger partial charge in [0, 0.05) is 653 Å². The van der Waals surface area contributed by atoms with E-state index >= 15 is 0 Å². The summed E-state index contributed by atoms with van der Waals surface area (Å²) in [6.45, 7) is 0. The van der Waals surface area contributed by atoms with Crippen molar-refractivity contribution in [3.63, 3.8) is 0 Å². The maximum absolute atomic E-state index is 0. The third-order valence-electron chi connectivity index (χ3n) is 0. The van der Waals surface area contributed by atoms with Gasteiger partial charge < -0.3 is 0 Å². The molecule has 0 nitrogen and oxygen atoms in total. The third kappa shape index (κ3) is 139. The molecule has 0 aliphatic rings. The first-order valence-electron chi connectivity index (χ1n) is 0. The Kier molecular flexibility index (Phi) is 1080. The second-order valence-corrected chi connectivity index (χ2v) is 0. The molecule has 0 aromatic rings. The van der Waals surface area contributed by atoms with Crippen molar-refractivity contribution in [2.75, 3.05) is 0 Å². The monoisotopic (exact) mass is 5000 g/mol. The first-order valence-corrected chi connectivity index (χ1v) is 0. The zero-order valence-electron chi connectivity index (χ0n) is 10.5. The molecule has 0 spiro atoms. The van der Waals surface area contributed by atoms with Gasteiger partial charge in [-0.3, -0.25) is 0 Å². The summed E-state index contributed by atoms with van der Waals surface area (Å²) >= 11 is 0. The zero-order valence-corrected chi connectivity index (χ0v) is 97.9. The average molecular weight is 5000 g/mol. The van der Waals surface area contributed by atoms with Gasteiger partial charge in [-0.25, -0.2) is 0 Å². The van der Waals surface area contributed by atoms with Gasteiger partial charge in [-0.1, -0.05) is 0 Å². The summed E-state index contributed by atoms with van der Waals surface area (Å²) in [7, 11) is 0. The second-order valence-electron chi connectivity index (χ2n) is 0. The SMILES string of the molecule is [U].[U].[U].[U].[U].[U].[U].[U].[U].[U].[U].[U].[U].[U].[U].[U].[U].[U].[U].[U].[U]. The Bertz CT molecular complexity index is 0. The maximum atomic E-state index is 0. The summed E-state index contributed by atoms with van der Waals surface area (Å²) in [5.41, 5.74) is 0. The number of hydrogen-bond donors (Lipinski definition) is 0. The van der Waals surface area contributed by atoms with Gasteiger partial charge in [0.05, 0.1) is 0 Å². The molecule has 0 aliphatic carbocycles. The van der Waals surface area contributed by atoms with Gasteiger partial charge in [-0.05, 0) is 0 Å². The molecule has 0 aromatic carbocycles. The van der Waals surface area contributed by atoms with Crippen LogP contribution < -0.4 is 0 Å². The Morgan fingerprint density at radius 1 is 0.0476 bits per heavy atom. The van der Waals surface area contributed by atoms with Crippen molar-refractivity contribution in [1.29, 1.82) is 0 Å². The molecule has 0 rings (SSSR count). The van der Waals surface area contributed by atoms with Crippen LogP contribution in [0.2, 0.25) is 0 Å². The fourth-order valence-electron chi connectivity index (χ4n) is 0. The first kappa shape index (κ1) is 156. The van der Waals surface area contributed by atoms with Gasteiger partial charge in [-0.2, -0.15) is 0 Å². The Balaban J connectivity index is 0. The van der Waals surface area contributed by atoms with Crippen LogP contribution in [0.4, 0.5) is 0 Å². The van der Waals surface area contributed by atoms with E-state index in [1.165, 1.54) is 0 Å². The van der Waals surface area contributed by atoms with E-state index in [0.29, 0.717) is 0 Å². The van der Waals surface area contributed by atoms with Gasteiger partial charge in [0.1, 0.15) is 0 Å². The summed E-state index contributed by atoms with van der Waals surface area (Å²) in [5, 5.41) is 0. The van der Waals surface area contributed by atoms with Crippen molar-refractivity contribution < 1.29 is 653 Å². The minimum Gasteiger partial charge on any atom is 0 e. The Morgan fingerprint density at radius 2 is 0.0476 bits per heavy atom. The van der Waals surface area contributed by atoms with Gasteiger partial charge in [-0.15, -0.1) is 0 Å². The van der Waals surface area contributed by atoms with Gasteiger partial charge in [0.2, 0.25) is 0 Å². The number of rotatable bonds is 0. The van der Waals surface area contributed by atoms with Crippen LogP contribution in [0.25, 0.3) is 0 Å². The summed E-state index contributed by atoms with van der Waals surface area (Å²) in [6, 6.07) is 0. The maximum Gasteiger partial charge on any atom is 0 e. The van der Waals surface area contributed by atoms with E-state index in [2.05, 4.69) is 0 Å². The van der Waals surface area contributed by atoms with Crippen molar-refractivity contribution in [2.24, 2.45) is 0 Å². The third-order valence-corrected chi connectivity index (χ3v) is 0. The standard InChI is InChI=1S/21U. The molecular weight excluding hydrogens is 5000 g/mol. The topological polar surface area (TPSA) is 0 Å². The van der Waals surface area contributed by atoms with Crippen LogP contribution in [0.5, 0.6) is 0 Å². The van der Waals surface area contributed by atoms with Crippen LogP contribution in [-0.2, 0) is 0 Å². The van der Waals surface area contributed by atoms with E-state index < -0.39 is 0 Å². The Morgan fingerprint density at radius 3 is 0.0476 bits per heavy atom. The van der Waals surface area contributed by atoms with Gasteiger partial charge in [0.15, 0.2) is 0 Å². The van der Waals surface area contributed by atoms with Crippen molar-refractivity contribution in [3.05, 3.63) is 0 Å². The molecule has 0 radical (unpaired) electrons. The predicted molar refractivity (Wildman–Crippen MR) is 0 cm³/mol. The smallest absolute Gasteiger partial charge is 0 e. The van der Waals surface area contributed by atoms with Gasteiger partial charge >= 0.3 is 0 Å². The average Bonchev–Trinajstić information content (AvgIpc) is 0. The van der Waals surface area contributed by atoms with E-state index in [1.54, 1.807) is 0 Å². The molecule has 0 saturated carbocycles. The Labute approximate surface area is 629 Å². The molecular formula is U21. The molecule has 0 unspecified atom stereocenters.